The lowest BCUT2D eigenvalue weighted by molar-refractivity contribution is -0.141. The first kappa shape index (κ1) is 22.2. The maximum atomic E-state index is 13.7. The van der Waals surface area contributed by atoms with E-state index in [1.807, 2.05) is 0 Å². The summed E-state index contributed by atoms with van der Waals surface area (Å²) in [5.41, 5.74) is -3.69. The van der Waals surface area contributed by atoms with Crippen LogP contribution < -0.4 is 10.1 Å². The largest absolute Gasteiger partial charge is 0.496 e. The van der Waals surface area contributed by atoms with Crippen molar-refractivity contribution in [1.29, 1.82) is 0 Å². The quantitative estimate of drug-likeness (QED) is 0.713. The van der Waals surface area contributed by atoms with Crippen LogP contribution in [-0.4, -0.2) is 40.5 Å². The summed E-state index contributed by atoms with van der Waals surface area (Å²) in [6.07, 6.45) is -9.74. The van der Waals surface area contributed by atoms with Gasteiger partial charge in [-0.3, -0.25) is 0 Å². The van der Waals surface area contributed by atoms with Crippen LogP contribution in [-0.2, 0) is 12.4 Å². The molecule has 2 heterocycles. The van der Waals surface area contributed by atoms with Crippen molar-refractivity contribution in [3.8, 4) is 17.0 Å². The van der Waals surface area contributed by atoms with Gasteiger partial charge in [-0.15, -0.1) is 10.2 Å². The topological polar surface area (TPSA) is 80.2 Å². The van der Waals surface area contributed by atoms with Gasteiger partial charge in [0.2, 0.25) is 0 Å². The van der Waals surface area contributed by atoms with Gasteiger partial charge in [-0.2, -0.15) is 26.3 Å². The summed E-state index contributed by atoms with van der Waals surface area (Å²) in [5.74, 6) is -1.34. The van der Waals surface area contributed by atoms with E-state index in [0.717, 1.165) is 26.1 Å². The van der Waals surface area contributed by atoms with Crippen molar-refractivity contribution in [3.05, 3.63) is 35.3 Å². The minimum Gasteiger partial charge on any atom is -0.496 e. The molecule has 1 fully saturated rings. The molecule has 12 heteroatoms. The summed E-state index contributed by atoms with van der Waals surface area (Å²) in [4.78, 5) is 3.49. The summed E-state index contributed by atoms with van der Waals surface area (Å²) in [5, 5.41) is 20.6. The Morgan fingerprint density at radius 3 is 2.43 bits per heavy atom. The highest BCUT2D eigenvalue weighted by Crippen LogP contribution is 2.41. The standard InChI is InChI=1S/C18H18F6N4O2/c1-30-12-7-10(17(19,20)21)4-5-11(12)13-15(18(22,23)24)26-16(28-27-13)14(29)9-3-2-6-25-8-9/h4-5,7,9,14,25,29H,2-3,6,8H2,1H3. The Bertz CT molecular complexity index is 897. The lowest BCUT2D eigenvalue weighted by atomic mass is 9.93. The van der Waals surface area contributed by atoms with Crippen molar-refractivity contribution in [2.24, 2.45) is 5.92 Å². The number of nitrogens with one attached hydrogen (secondary N) is 1. The van der Waals surface area contributed by atoms with Crippen LogP contribution in [0.25, 0.3) is 11.3 Å². The molecule has 0 spiro atoms. The van der Waals surface area contributed by atoms with Crippen molar-refractivity contribution < 1.29 is 36.2 Å². The summed E-state index contributed by atoms with van der Waals surface area (Å²) in [6, 6.07) is 2.02. The molecule has 1 aliphatic heterocycles. The number of halogens is 6. The molecule has 6 nitrogen and oxygen atoms in total. The Morgan fingerprint density at radius 1 is 1.13 bits per heavy atom. The number of aromatic nitrogens is 3. The second-order valence-electron chi connectivity index (χ2n) is 6.83. The number of ether oxygens (including phenoxy) is 1. The van der Waals surface area contributed by atoms with E-state index in [-0.39, 0.29) is 11.5 Å². The zero-order chi connectivity index (χ0) is 22.1. The van der Waals surface area contributed by atoms with Gasteiger partial charge in [-0.05, 0) is 37.6 Å². The Labute approximate surface area is 167 Å². The molecule has 2 unspecified atom stereocenters. The average molecular weight is 436 g/mol. The van der Waals surface area contributed by atoms with Gasteiger partial charge in [0.15, 0.2) is 11.5 Å². The molecule has 0 amide bonds. The van der Waals surface area contributed by atoms with Crippen LogP contribution in [0.1, 0.15) is 36.0 Å². The highest BCUT2D eigenvalue weighted by Gasteiger charge is 2.40. The number of methoxy groups -OCH3 is 1. The summed E-state index contributed by atoms with van der Waals surface area (Å²) < 4.78 is 84.6. The second-order valence-corrected chi connectivity index (χ2v) is 6.83. The molecule has 0 saturated carbocycles. The van der Waals surface area contributed by atoms with Gasteiger partial charge in [-0.1, -0.05) is 0 Å². The molecular formula is C18H18F6N4O2. The zero-order valence-electron chi connectivity index (χ0n) is 15.7. The molecule has 0 aliphatic carbocycles. The molecule has 30 heavy (non-hydrogen) atoms. The van der Waals surface area contributed by atoms with Gasteiger partial charge in [0.1, 0.15) is 17.5 Å². The fourth-order valence-corrected chi connectivity index (χ4v) is 3.27. The van der Waals surface area contributed by atoms with Gasteiger partial charge in [0, 0.05) is 18.0 Å². The van der Waals surface area contributed by atoms with E-state index in [4.69, 9.17) is 4.74 Å². The summed E-state index contributed by atoms with van der Waals surface area (Å²) >= 11 is 0. The second kappa shape index (κ2) is 8.34. The molecule has 3 rings (SSSR count). The van der Waals surface area contributed by atoms with Crippen LogP contribution in [0.4, 0.5) is 26.3 Å². The van der Waals surface area contributed by atoms with E-state index in [2.05, 4.69) is 20.5 Å². The van der Waals surface area contributed by atoms with Crippen molar-refractivity contribution in [3.63, 3.8) is 0 Å². The first-order valence-electron chi connectivity index (χ1n) is 8.98. The number of piperidine rings is 1. The molecule has 2 N–H and O–H groups in total. The van der Waals surface area contributed by atoms with Crippen molar-refractivity contribution in [1.82, 2.24) is 20.5 Å². The number of nitrogens with zero attached hydrogens (tertiary/aromatic N) is 3. The molecule has 2 aromatic rings. The molecule has 1 aromatic carbocycles. The van der Waals surface area contributed by atoms with Gasteiger partial charge < -0.3 is 15.2 Å². The van der Waals surface area contributed by atoms with E-state index < -0.39 is 47.0 Å². The average Bonchev–Trinajstić information content (AvgIpc) is 2.71. The Kier molecular flexibility index (Phi) is 6.18. The number of alkyl halides is 6. The predicted octanol–water partition coefficient (Wildman–Crippen LogP) is 3.62. The third kappa shape index (κ3) is 4.64. The van der Waals surface area contributed by atoms with Gasteiger partial charge in [-0.25, -0.2) is 4.98 Å². The molecular weight excluding hydrogens is 418 g/mol. The Morgan fingerprint density at radius 2 is 1.87 bits per heavy atom. The van der Waals surface area contributed by atoms with E-state index in [0.29, 0.717) is 25.1 Å². The predicted molar refractivity (Wildman–Crippen MR) is 92.4 cm³/mol. The lowest BCUT2D eigenvalue weighted by Gasteiger charge is -2.26. The first-order valence-corrected chi connectivity index (χ1v) is 8.98. The van der Waals surface area contributed by atoms with Crippen LogP contribution in [0.5, 0.6) is 5.75 Å². The minimum absolute atomic E-state index is 0.349. The summed E-state index contributed by atoms with van der Waals surface area (Å²) in [7, 11) is 1.03. The van der Waals surface area contributed by atoms with E-state index in [1.54, 1.807) is 0 Å². The maximum absolute atomic E-state index is 13.7. The maximum Gasteiger partial charge on any atom is 0.435 e. The number of aliphatic hydroxyl groups excluding tert-OH is 1. The number of rotatable bonds is 4. The summed E-state index contributed by atoms with van der Waals surface area (Å²) in [6.45, 7) is 1.13. The zero-order valence-corrected chi connectivity index (χ0v) is 15.7. The number of benzene rings is 1. The number of hydrogen-bond donors (Lipinski definition) is 2. The van der Waals surface area contributed by atoms with E-state index in [1.165, 1.54) is 0 Å². The molecule has 164 valence electrons. The van der Waals surface area contributed by atoms with E-state index >= 15 is 0 Å². The third-order valence-corrected chi connectivity index (χ3v) is 4.80. The van der Waals surface area contributed by atoms with Crippen LogP contribution in [0.3, 0.4) is 0 Å². The smallest absolute Gasteiger partial charge is 0.435 e. The molecule has 0 radical (unpaired) electrons. The molecule has 0 bridgehead atoms. The molecule has 1 aromatic heterocycles. The van der Waals surface area contributed by atoms with Gasteiger partial charge >= 0.3 is 12.4 Å². The Hall–Kier alpha value is -2.47. The normalized spacial score (nSPS) is 18.9. The number of hydrogen-bond acceptors (Lipinski definition) is 6. The molecule has 2 atom stereocenters. The van der Waals surface area contributed by atoms with Crippen molar-refractivity contribution >= 4 is 0 Å². The minimum atomic E-state index is -4.99. The van der Waals surface area contributed by atoms with Crippen LogP contribution in [0.2, 0.25) is 0 Å². The third-order valence-electron chi connectivity index (χ3n) is 4.80. The van der Waals surface area contributed by atoms with Crippen LogP contribution in [0, 0.1) is 5.92 Å². The monoisotopic (exact) mass is 436 g/mol. The first-order chi connectivity index (χ1) is 14.0. The fraction of sp³-hybridized carbons (Fsp3) is 0.500. The lowest BCUT2D eigenvalue weighted by Crippen LogP contribution is -2.34. The fourth-order valence-electron chi connectivity index (χ4n) is 3.27. The van der Waals surface area contributed by atoms with Crippen LogP contribution >= 0.6 is 0 Å². The molecule has 1 aliphatic rings. The number of aliphatic hydroxyl groups is 1. The highest BCUT2D eigenvalue weighted by molar-refractivity contribution is 5.70. The van der Waals surface area contributed by atoms with Crippen LogP contribution in [0.15, 0.2) is 18.2 Å². The van der Waals surface area contributed by atoms with E-state index in [9.17, 15) is 31.4 Å². The van der Waals surface area contributed by atoms with Gasteiger partial charge in [0.25, 0.3) is 0 Å². The Balaban J connectivity index is 2.07. The molecule has 1 saturated heterocycles. The SMILES string of the molecule is COc1cc(C(F)(F)F)ccc1-c1nnc(C(O)C2CCCNC2)nc1C(F)(F)F. The van der Waals surface area contributed by atoms with Crippen molar-refractivity contribution in [2.45, 2.75) is 31.3 Å². The highest BCUT2D eigenvalue weighted by atomic mass is 19.4. The van der Waals surface area contributed by atoms with Gasteiger partial charge in [0.05, 0.1) is 12.7 Å². The van der Waals surface area contributed by atoms with Crippen molar-refractivity contribution in [2.75, 3.05) is 20.2 Å².